The Balaban J connectivity index is 1.62. The molecule has 1 aliphatic carbocycles. The van der Waals surface area contributed by atoms with Crippen molar-refractivity contribution in [2.75, 3.05) is 0 Å². The molecular weight excluding hydrogens is 372 g/mol. The number of rotatable bonds is 5. The standard InChI is InChI=1S/C22H24N2O5/c25-20-14-8-7-13-19(20)24(22(27)29-16-18-11-5-2-6-12-18)23-21(26)28-15-17-9-3-1-4-10-17/h1-6,9-12,19H,7-8,13-16H2,(H,23,26)/t19-/m1/s1. The summed E-state index contributed by atoms with van der Waals surface area (Å²) in [6.45, 7) is 0.0933. The minimum atomic E-state index is -0.816. The van der Waals surface area contributed by atoms with Gasteiger partial charge in [-0.05, 0) is 24.0 Å². The number of nitrogens with one attached hydrogen (secondary N) is 1. The second kappa shape index (κ2) is 10.3. The van der Waals surface area contributed by atoms with E-state index in [-0.39, 0.29) is 19.0 Å². The van der Waals surface area contributed by atoms with Gasteiger partial charge in [-0.1, -0.05) is 67.1 Å². The number of benzene rings is 2. The first kappa shape index (κ1) is 20.4. The van der Waals surface area contributed by atoms with E-state index in [1.165, 1.54) is 0 Å². The highest BCUT2D eigenvalue weighted by molar-refractivity contribution is 5.88. The number of Topliss-reactive ketones (excluding diaryl/α,β-unsaturated/α-hetero) is 1. The van der Waals surface area contributed by atoms with Crippen LogP contribution in [0.4, 0.5) is 9.59 Å². The number of carbonyl (C=O) groups is 3. The van der Waals surface area contributed by atoms with Crippen molar-refractivity contribution in [1.29, 1.82) is 0 Å². The summed E-state index contributed by atoms with van der Waals surface area (Å²) in [6.07, 6.45) is 0.807. The molecule has 2 aromatic rings. The second-order valence-electron chi connectivity index (χ2n) is 6.81. The summed E-state index contributed by atoms with van der Waals surface area (Å²) in [5.41, 5.74) is 4.02. The van der Waals surface area contributed by atoms with Crippen molar-refractivity contribution in [3.63, 3.8) is 0 Å². The summed E-state index contributed by atoms with van der Waals surface area (Å²) in [5.74, 6) is -0.101. The first-order valence-corrected chi connectivity index (χ1v) is 9.63. The number of amides is 2. The average molecular weight is 396 g/mol. The Bertz CT molecular complexity index is 826. The summed E-state index contributed by atoms with van der Waals surface area (Å²) < 4.78 is 10.5. The maximum atomic E-state index is 12.7. The lowest BCUT2D eigenvalue weighted by Gasteiger charge is -2.31. The Labute approximate surface area is 169 Å². The zero-order valence-corrected chi connectivity index (χ0v) is 16.1. The van der Waals surface area contributed by atoms with Gasteiger partial charge in [0.1, 0.15) is 19.3 Å². The maximum Gasteiger partial charge on any atom is 0.429 e. The molecule has 0 aliphatic heterocycles. The van der Waals surface area contributed by atoms with Gasteiger partial charge in [0.25, 0.3) is 0 Å². The van der Waals surface area contributed by atoms with Crippen molar-refractivity contribution in [3.8, 4) is 0 Å². The van der Waals surface area contributed by atoms with E-state index in [2.05, 4.69) is 5.43 Å². The van der Waals surface area contributed by atoms with Crippen LogP contribution < -0.4 is 5.43 Å². The van der Waals surface area contributed by atoms with Gasteiger partial charge in [-0.25, -0.2) is 20.0 Å². The van der Waals surface area contributed by atoms with Gasteiger partial charge < -0.3 is 9.47 Å². The minimum Gasteiger partial charge on any atom is -0.443 e. The SMILES string of the molecule is O=C(NN(C(=O)OCc1ccccc1)[C@@H]1CCCCC1=O)OCc1ccccc1. The molecule has 0 unspecified atom stereocenters. The number of hydrogen-bond acceptors (Lipinski definition) is 5. The molecule has 0 radical (unpaired) electrons. The number of hydrogen-bond donors (Lipinski definition) is 1. The van der Waals surface area contributed by atoms with E-state index in [4.69, 9.17) is 9.47 Å². The van der Waals surface area contributed by atoms with Crippen LogP contribution in [0.5, 0.6) is 0 Å². The third-order valence-electron chi connectivity index (χ3n) is 4.66. The smallest absolute Gasteiger partial charge is 0.429 e. The third-order valence-corrected chi connectivity index (χ3v) is 4.66. The fraction of sp³-hybridized carbons (Fsp3) is 0.318. The van der Waals surface area contributed by atoms with Crippen molar-refractivity contribution in [2.24, 2.45) is 0 Å². The molecule has 7 heteroatoms. The number of ether oxygens (including phenoxy) is 2. The Hall–Kier alpha value is -3.35. The molecule has 0 saturated heterocycles. The van der Waals surface area contributed by atoms with Crippen molar-refractivity contribution in [3.05, 3.63) is 71.8 Å². The lowest BCUT2D eigenvalue weighted by molar-refractivity contribution is -0.126. The van der Waals surface area contributed by atoms with Gasteiger partial charge in [0.15, 0.2) is 5.78 Å². The Morgan fingerprint density at radius 1 is 0.897 bits per heavy atom. The average Bonchev–Trinajstić information content (AvgIpc) is 2.76. The zero-order valence-electron chi connectivity index (χ0n) is 16.1. The van der Waals surface area contributed by atoms with E-state index in [9.17, 15) is 14.4 Å². The molecule has 1 saturated carbocycles. The molecule has 1 aliphatic rings. The first-order chi connectivity index (χ1) is 14.1. The molecule has 2 amide bonds. The van der Waals surface area contributed by atoms with Gasteiger partial charge >= 0.3 is 12.2 Å². The summed E-state index contributed by atoms with van der Waals surface area (Å²) in [6, 6.07) is 17.6. The maximum absolute atomic E-state index is 12.7. The summed E-state index contributed by atoms with van der Waals surface area (Å²) in [5, 5.41) is 0.970. The highest BCUT2D eigenvalue weighted by Gasteiger charge is 2.34. The molecule has 29 heavy (non-hydrogen) atoms. The van der Waals surface area contributed by atoms with Gasteiger partial charge in [-0.3, -0.25) is 4.79 Å². The van der Waals surface area contributed by atoms with E-state index in [0.29, 0.717) is 12.8 Å². The van der Waals surface area contributed by atoms with E-state index in [0.717, 1.165) is 29.0 Å². The van der Waals surface area contributed by atoms with Crippen LogP contribution in [0.1, 0.15) is 36.8 Å². The van der Waals surface area contributed by atoms with Crippen LogP contribution in [0.3, 0.4) is 0 Å². The summed E-state index contributed by atoms with van der Waals surface area (Å²) >= 11 is 0. The van der Waals surface area contributed by atoms with E-state index in [1.807, 2.05) is 60.7 Å². The quantitative estimate of drug-likeness (QED) is 0.773. The minimum absolute atomic E-state index is 0.0395. The van der Waals surface area contributed by atoms with Crippen molar-refractivity contribution < 1.29 is 23.9 Å². The van der Waals surface area contributed by atoms with Crippen LogP contribution in [0, 0.1) is 0 Å². The lowest BCUT2D eigenvalue weighted by atomic mass is 9.94. The first-order valence-electron chi connectivity index (χ1n) is 9.63. The van der Waals surface area contributed by atoms with Crippen molar-refractivity contribution >= 4 is 18.0 Å². The molecule has 0 bridgehead atoms. The highest BCUT2D eigenvalue weighted by atomic mass is 16.6. The molecular formula is C22H24N2O5. The van der Waals surface area contributed by atoms with Crippen LogP contribution in [0.15, 0.2) is 60.7 Å². The van der Waals surface area contributed by atoms with Gasteiger partial charge in [-0.2, -0.15) is 0 Å². The van der Waals surface area contributed by atoms with Gasteiger partial charge in [-0.15, -0.1) is 0 Å². The van der Waals surface area contributed by atoms with Gasteiger partial charge in [0.05, 0.1) is 0 Å². The second-order valence-corrected chi connectivity index (χ2v) is 6.81. The zero-order chi connectivity index (χ0) is 20.5. The van der Waals surface area contributed by atoms with Crippen molar-refractivity contribution in [1.82, 2.24) is 10.4 Å². The molecule has 1 fully saturated rings. The van der Waals surface area contributed by atoms with Gasteiger partial charge in [0, 0.05) is 6.42 Å². The van der Waals surface area contributed by atoms with Crippen LogP contribution >= 0.6 is 0 Å². The molecule has 0 aromatic heterocycles. The third kappa shape index (κ3) is 6.07. The predicted octanol–water partition coefficient (Wildman–Crippen LogP) is 3.98. The van der Waals surface area contributed by atoms with Gasteiger partial charge in [0.2, 0.25) is 0 Å². The van der Waals surface area contributed by atoms with Crippen LogP contribution in [0.25, 0.3) is 0 Å². The topological polar surface area (TPSA) is 84.9 Å². The Morgan fingerprint density at radius 2 is 1.48 bits per heavy atom. The Kier molecular flexibility index (Phi) is 7.22. The Morgan fingerprint density at radius 3 is 2.07 bits per heavy atom. The molecule has 0 heterocycles. The molecule has 2 aromatic carbocycles. The summed E-state index contributed by atoms with van der Waals surface area (Å²) in [4.78, 5) is 37.2. The van der Waals surface area contributed by atoms with Crippen LogP contribution in [0.2, 0.25) is 0 Å². The lowest BCUT2D eigenvalue weighted by Crippen LogP contribution is -2.55. The number of nitrogens with zero attached hydrogens (tertiary/aromatic N) is 1. The molecule has 7 nitrogen and oxygen atoms in total. The summed E-state index contributed by atoms with van der Waals surface area (Å²) in [7, 11) is 0. The van der Waals surface area contributed by atoms with Crippen LogP contribution in [-0.2, 0) is 27.5 Å². The molecule has 1 atom stereocenters. The highest BCUT2D eigenvalue weighted by Crippen LogP contribution is 2.20. The largest absolute Gasteiger partial charge is 0.443 e. The van der Waals surface area contributed by atoms with E-state index >= 15 is 0 Å². The molecule has 0 spiro atoms. The van der Waals surface area contributed by atoms with E-state index in [1.54, 1.807) is 0 Å². The fourth-order valence-electron chi connectivity index (χ4n) is 3.13. The van der Waals surface area contributed by atoms with Crippen LogP contribution in [-0.4, -0.2) is 29.0 Å². The van der Waals surface area contributed by atoms with Crippen molar-refractivity contribution in [2.45, 2.75) is 44.9 Å². The molecule has 1 N–H and O–H groups in total. The monoisotopic (exact) mass is 396 g/mol. The van der Waals surface area contributed by atoms with E-state index < -0.39 is 18.2 Å². The predicted molar refractivity (Wildman–Crippen MR) is 105 cm³/mol. The molecule has 3 rings (SSSR count). The fourth-order valence-corrected chi connectivity index (χ4v) is 3.13. The number of carbonyl (C=O) groups excluding carboxylic acids is 3. The number of hydrazine groups is 1. The normalized spacial score (nSPS) is 16.0. The number of ketones is 1. The molecule has 152 valence electrons.